The van der Waals surface area contributed by atoms with Gasteiger partial charge >= 0.3 is 0 Å². The van der Waals surface area contributed by atoms with Crippen LogP contribution >= 0.6 is 23.5 Å². The standard InChI is InChI=1S/C6H12S2/c1-3-7-5-6-8-4-2/h1-6H2. The molecule has 0 atom stereocenters. The highest BCUT2D eigenvalue weighted by Crippen LogP contribution is 2.04. The van der Waals surface area contributed by atoms with Crippen LogP contribution in [0, 0.1) is 13.8 Å². The van der Waals surface area contributed by atoms with E-state index in [9.17, 15) is 0 Å². The van der Waals surface area contributed by atoms with E-state index in [2.05, 4.69) is 13.8 Å². The molecule has 0 N–H and O–H groups in total. The first-order valence-corrected chi connectivity index (χ1v) is 4.96. The van der Waals surface area contributed by atoms with E-state index < -0.39 is 0 Å². The molecule has 0 aliphatic heterocycles. The topological polar surface area (TPSA) is 0 Å². The van der Waals surface area contributed by atoms with Gasteiger partial charge in [-0.05, 0) is 25.4 Å². The molecule has 2 radical (unpaired) electrons. The molecule has 0 aromatic carbocycles. The summed E-state index contributed by atoms with van der Waals surface area (Å²) in [6.07, 6.45) is 0. The number of hydrogen-bond donors (Lipinski definition) is 0. The molecule has 0 aromatic heterocycles. The first-order chi connectivity index (χ1) is 3.91. The molecule has 2 heteroatoms. The number of rotatable bonds is 5. The molecule has 8 heavy (non-hydrogen) atoms. The maximum absolute atomic E-state index is 3.72. The summed E-state index contributed by atoms with van der Waals surface area (Å²) in [5.41, 5.74) is 0. The summed E-state index contributed by atoms with van der Waals surface area (Å²) < 4.78 is 0. The lowest BCUT2D eigenvalue weighted by atomic mass is 10.9. The maximum atomic E-state index is 3.72. The second-order valence-electron chi connectivity index (χ2n) is 1.22. The zero-order chi connectivity index (χ0) is 6.24. The monoisotopic (exact) mass is 148 g/mol. The van der Waals surface area contributed by atoms with Gasteiger partial charge in [-0.3, -0.25) is 0 Å². The van der Waals surface area contributed by atoms with E-state index in [0.29, 0.717) is 0 Å². The van der Waals surface area contributed by atoms with Gasteiger partial charge in [0.15, 0.2) is 0 Å². The van der Waals surface area contributed by atoms with Crippen molar-refractivity contribution in [3.8, 4) is 0 Å². The van der Waals surface area contributed by atoms with Crippen molar-refractivity contribution in [2.24, 2.45) is 0 Å². The average Bonchev–Trinajstić information content (AvgIpc) is 1.81. The fourth-order valence-corrected chi connectivity index (χ4v) is 1.67. The van der Waals surface area contributed by atoms with Crippen LogP contribution in [0.4, 0.5) is 0 Å². The third-order valence-corrected chi connectivity index (χ3v) is 2.48. The van der Waals surface area contributed by atoms with Gasteiger partial charge in [-0.25, -0.2) is 0 Å². The fraction of sp³-hybridized carbons (Fsp3) is 0.667. The van der Waals surface area contributed by atoms with Gasteiger partial charge in [0.1, 0.15) is 0 Å². The highest BCUT2D eigenvalue weighted by atomic mass is 32.2. The highest BCUT2D eigenvalue weighted by Gasteiger charge is 1.83. The lowest BCUT2D eigenvalue weighted by Crippen LogP contribution is -1.83. The summed E-state index contributed by atoms with van der Waals surface area (Å²) in [6, 6.07) is 0. The molecule has 0 fully saturated rings. The van der Waals surface area contributed by atoms with E-state index >= 15 is 0 Å². The van der Waals surface area contributed by atoms with Crippen molar-refractivity contribution >= 4 is 23.5 Å². The van der Waals surface area contributed by atoms with Crippen LogP contribution in [0.1, 0.15) is 0 Å². The molecule has 0 spiro atoms. The quantitative estimate of drug-likeness (QED) is 0.548. The average molecular weight is 148 g/mol. The predicted molar refractivity (Wildman–Crippen MR) is 45.4 cm³/mol. The Bertz CT molecular complexity index is 31.5. The fourth-order valence-electron chi connectivity index (χ4n) is 0.322. The van der Waals surface area contributed by atoms with Crippen molar-refractivity contribution in [2.45, 2.75) is 0 Å². The molecule has 0 unspecified atom stereocenters. The summed E-state index contributed by atoms with van der Waals surface area (Å²) in [5, 5.41) is 0. The Kier molecular flexibility index (Phi) is 8.37. The second kappa shape index (κ2) is 7.70. The third kappa shape index (κ3) is 6.70. The molecule has 0 aromatic rings. The van der Waals surface area contributed by atoms with Gasteiger partial charge in [0.05, 0.1) is 0 Å². The van der Waals surface area contributed by atoms with Crippen LogP contribution in [0.25, 0.3) is 0 Å². The second-order valence-corrected chi connectivity index (χ2v) is 3.67. The maximum Gasteiger partial charge on any atom is 0.00235 e. The molecular formula is C6H12S2. The predicted octanol–water partition coefficient (Wildman–Crippen LogP) is 2.12. The third-order valence-electron chi connectivity index (χ3n) is 0.661. The summed E-state index contributed by atoms with van der Waals surface area (Å²) >= 11 is 3.78. The Morgan fingerprint density at radius 2 is 1.25 bits per heavy atom. The molecular weight excluding hydrogens is 136 g/mol. The lowest BCUT2D eigenvalue weighted by molar-refractivity contribution is 1.53. The van der Waals surface area contributed by atoms with Crippen molar-refractivity contribution in [3.63, 3.8) is 0 Å². The first kappa shape index (κ1) is 8.70. The largest absolute Gasteiger partial charge is 0.161 e. The van der Waals surface area contributed by atoms with Gasteiger partial charge in [-0.1, -0.05) is 0 Å². The van der Waals surface area contributed by atoms with Crippen LogP contribution in [0.5, 0.6) is 0 Å². The number of hydrogen-bond acceptors (Lipinski definition) is 2. The Labute approximate surface area is 60.8 Å². The number of thioether (sulfide) groups is 2. The normalized spacial score (nSPS) is 9.75. The smallest absolute Gasteiger partial charge is 0.00235 e. The summed E-state index contributed by atoms with van der Waals surface area (Å²) in [7, 11) is 0. The zero-order valence-corrected chi connectivity index (χ0v) is 6.69. The molecule has 0 saturated carbocycles. The van der Waals surface area contributed by atoms with Gasteiger partial charge in [-0.15, -0.1) is 0 Å². The van der Waals surface area contributed by atoms with E-state index in [1.54, 1.807) is 0 Å². The minimum absolute atomic E-state index is 0.998. The highest BCUT2D eigenvalue weighted by molar-refractivity contribution is 8.02. The molecule has 0 aliphatic carbocycles. The van der Waals surface area contributed by atoms with Crippen molar-refractivity contribution in [1.29, 1.82) is 0 Å². The Hall–Kier alpha value is 0.700. The molecule has 0 saturated heterocycles. The summed E-state index contributed by atoms with van der Waals surface area (Å²) in [6.45, 7) is 7.44. The molecule has 48 valence electrons. The van der Waals surface area contributed by atoms with Gasteiger partial charge in [-0.2, -0.15) is 23.5 Å². The summed E-state index contributed by atoms with van der Waals surface area (Å²) in [5.74, 6) is 4.45. The minimum atomic E-state index is 0.998. The van der Waals surface area contributed by atoms with Crippen molar-refractivity contribution in [3.05, 3.63) is 13.8 Å². The van der Waals surface area contributed by atoms with Gasteiger partial charge in [0.25, 0.3) is 0 Å². The van der Waals surface area contributed by atoms with Gasteiger partial charge in [0, 0.05) is 11.5 Å². The Balaban J connectivity index is 2.53. The van der Waals surface area contributed by atoms with Crippen LogP contribution < -0.4 is 0 Å². The molecule has 0 rings (SSSR count). The van der Waals surface area contributed by atoms with E-state index in [4.69, 9.17) is 0 Å². The molecule has 0 aliphatic rings. The SMILES string of the molecule is [CH2]CSCCSC[CH2]. The van der Waals surface area contributed by atoms with E-state index in [1.165, 1.54) is 11.5 Å². The molecule has 0 heterocycles. The van der Waals surface area contributed by atoms with Crippen LogP contribution in [-0.4, -0.2) is 23.0 Å². The van der Waals surface area contributed by atoms with Crippen LogP contribution in [0.2, 0.25) is 0 Å². The minimum Gasteiger partial charge on any atom is -0.161 e. The van der Waals surface area contributed by atoms with Crippen molar-refractivity contribution in [2.75, 3.05) is 23.0 Å². The van der Waals surface area contributed by atoms with E-state index in [-0.39, 0.29) is 0 Å². The van der Waals surface area contributed by atoms with Crippen molar-refractivity contribution in [1.82, 2.24) is 0 Å². The summed E-state index contributed by atoms with van der Waals surface area (Å²) in [4.78, 5) is 0. The molecule has 0 amide bonds. The Morgan fingerprint density at radius 1 is 0.875 bits per heavy atom. The Morgan fingerprint density at radius 3 is 1.50 bits per heavy atom. The first-order valence-electron chi connectivity index (χ1n) is 2.65. The molecule has 0 bridgehead atoms. The zero-order valence-electron chi connectivity index (χ0n) is 5.06. The van der Waals surface area contributed by atoms with Crippen LogP contribution in [-0.2, 0) is 0 Å². The van der Waals surface area contributed by atoms with Gasteiger partial charge in [0.2, 0.25) is 0 Å². The van der Waals surface area contributed by atoms with Gasteiger partial charge < -0.3 is 0 Å². The van der Waals surface area contributed by atoms with E-state index in [1.807, 2.05) is 23.5 Å². The lowest BCUT2D eigenvalue weighted by Gasteiger charge is -1.94. The molecule has 0 nitrogen and oxygen atoms in total. The van der Waals surface area contributed by atoms with Crippen molar-refractivity contribution < 1.29 is 0 Å². The van der Waals surface area contributed by atoms with Crippen LogP contribution in [0.15, 0.2) is 0 Å². The van der Waals surface area contributed by atoms with E-state index in [0.717, 1.165) is 11.5 Å². The van der Waals surface area contributed by atoms with Crippen LogP contribution in [0.3, 0.4) is 0 Å².